The number of carbonyl (C=O) groups excluding carboxylic acids is 2. The first kappa shape index (κ1) is 26.9. The van der Waals surface area contributed by atoms with Crippen molar-refractivity contribution in [1.82, 2.24) is 10.6 Å². The summed E-state index contributed by atoms with van der Waals surface area (Å²) < 4.78 is 49.9. The van der Waals surface area contributed by atoms with Crippen LogP contribution in [0.15, 0.2) is 24.3 Å². The fraction of sp³-hybridized carbons (Fsp3) is 0.579. The summed E-state index contributed by atoms with van der Waals surface area (Å²) in [6, 6.07) is 1.82. The summed E-state index contributed by atoms with van der Waals surface area (Å²) in [6.45, 7) is 6.66. The number of urea groups is 1. The number of halogens is 3. The van der Waals surface area contributed by atoms with Gasteiger partial charge in [-0.3, -0.25) is 9.36 Å². The second kappa shape index (κ2) is 10.5. The van der Waals surface area contributed by atoms with Gasteiger partial charge in [-0.1, -0.05) is 27.7 Å². The molecule has 0 unspecified atom stereocenters. The van der Waals surface area contributed by atoms with Crippen LogP contribution in [0, 0.1) is 5.92 Å². The van der Waals surface area contributed by atoms with Crippen LogP contribution in [0.25, 0.3) is 0 Å². The number of nitrogens with one attached hydrogen (secondary N) is 3. The minimum atomic E-state index is -4.69. The molecule has 0 heterocycles. The Hall–Kier alpha value is -2.10. The zero-order valence-corrected chi connectivity index (χ0v) is 18.7. The average molecular weight is 467 g/mol. The molecule has 0 saturated heterocycles. The molecule has 3 amide bonds. The van der Waals surface area contributed by atoms with Crippen LogP contribution < -0.4 is 16.0 Å². The van der Waals surface area contributed by atoms with Crippen molar-refractivity contribution >= 4 is 25.2 Å². The first-order chi connectivity index (χ1) is 14.1. The van der Waals surface area contributed by atoms with Crippen LogP contribution in [0.3, 0.4) is 0 Å². The highest BCUT2D eigenvalue weighted by Gasteiger charge is 2.46. The van der Waals surface area contributed by atoms with Gasteiger partial charge in [-0.25, -0.2) is 4.79 Å². The van der Waals surface area contributed by atoms with Crippen LogP contribution in [0.5, 0.6) is 0 Å². The zero-order valence-electron chi connectivity index (χ0n) is 17.8. The number of hydrogen-bond donors (Lipinski definition) is 5. The summed E-state index contributed by atoms with van der Waals surface area (Å²) in [5.74, 6) is -0.807. The summed E-state index contributed by atoms with van der Waals surface area (Å²) >= 11 is 0. The molecule has 176 valence electrons. The number of alkyl halides is 3. The van der Waals surface area contributed by atoms with Gasteiger partial charge in [-0.15, -0.1) is 0 Å². The molecule has 0 aliphatic carbocycles. The van der Waals surface area contributed by atoms with Crippen LogP contribution >= 0.6 is 7.60 Å². The molecule has 5 N–H and O–H groups in total. The topological polar surface area (TPSA) is 128 Å². The number of hydrogen-bond acceptors (Lipinski definition) is 3. The molecule has 0 bridgehead atoms. The predicted molar refractivity (Wildman–Crippen MR) is 110 cm³/mol. The Morgan fingerprint density at radius 2 is 1.58 bits per heavy atom. The van der Waals surface area contributed by atoms with E-state index in [-0.39, 0.29) is 30.9 Å². The fourth-order valence-corrected chi connectivity index (χ4v) is 4.08. The third-order valence-corrected chi connectivity index (χ3v) is 6.74. The summed E-state index contributed by atoms with van der Waals surface area (Å²) in [7, 11) is -4.69. The highest BCUT2D eigenvalue weighted by atomic mass is 31.2. The molecule has 0 aromatic heterocycles. The van der Waals surface area contributed by atoms with Gasteiger partial charge in [0.15, 0.2) is 0 Å². The lowest BCUT2D eigenvalue weighted by molar-refractivity contribution is -0.137. The van der Waals surface area contributed by atoms with Crippen LogP contribution in [-0.4, -0.2) is 33.0 Å². The summed E-state index contributed by atoms with van der Waals surface area (Å²) in [5.41, 5.74) is -0.788. The third-order valence-electron chi connectivity index (χ3n) is 4.88. The van der Waals surface area contributed by atoms with Crippen LogP contribution in [0.1, 0.15) is 52.5 Å². The van der Waals surface area contributed by atoms with Crippen molar-refractivity contribution in [3.05, 3.63) is 29.8 Å². The molecular formula is C19H29F3N3O5P. The summed E-state index contributed by atoms with van der Waals surface area (Å²) in [6.07, 6.45) is -4.38. The molecule has 1 aromatic carbocycles. The van der Waals surface area contributed by atoms with Crippen molar-refractivity contribution in [2.24, 2.45) is 5.92 Å². The molecule has 1 atom stereocenters. The van der Waals surface area contributed by atoms with Crippen LogP contribution in [-0.2, 0) is 15.5 Å². The van der Waals surface area contributed by atoms with Crippen LogP contribution in [0.4, 0.5) is 23.7 Å². The molecule has 0 fully saturated rings. The second-order valence-corrected chi connectivity index (χ2v) is 9.57. The summed E-state index contributed by atoms with van der Waals surface area (Å²) in [5, 5.41) is 5.42. The Bertz CT molecular complexity index is 805. The van der Waals surface area contributed by atoms with Gasteiger partial charge in [0.1, 0.15) is 11.3 Å². The van der Waals surface area contributed by atoms with E-state index in [0.29, 0.717) is 0 Å². The van der Waals surface area contributed by atoms with Gasteiger partial charge in [0.25, 0.3) is 0 Å². The van der Waals surface area contributed by atoms with E-state index in [1.165, 1.54) is 13.8 Å². The van der Waals surface area contributed by atoms with Crippen molar-refractivity contribution in [3.8, 4) is 0 Å². The largest absolute Gasteiger partial charge is 0.416 e. The number of anilines is 1. The molecule has 8 nitrogen and oxygen atoms in total. The highest BCUT2D eigenvalue weighted by molar-refractivity contribution is 7.53. The first-order valence-electron chi connectivity index (χ1n) is 9.77. The molecule has 0 radical (unpaired) electrons. The van der Waals surface area contributed by atoms with Gasteiger partial charge in [-0.05, 0) is 49.4 Å². The van der Waals surface area contributed by atoms with E-state index in [1.54, 1.807) is 13.8 Å². The first-order valence-corrected chi connectivity index (χ1v) is 11.4. The van der Waals surface area contributed by atoms with Gasteiger partial charge in [0.05, 0.1) is 5.56 Å². The number of rotatable bonds is 9. The van der Waals surface area contributed by atoms with Crippen molar-refractivity contribution in [2.45, 2.75) is 64.5 Å². The van der Waals surface area contributed by atoms with Crippen molar-refractivity contribution in [2.75, 3.05) is 5.32 Å². The lowest BCUT2D eigenvalue weighted by Gasteiger charge is -2.35. The van der Waals surface area contributed by atoms with Gasteiger partial charge >= 0.3 is 19.8 Å². The maximum absolute atomic E-state index is 12.8. The molecule has 31 heavy (non-hydrogen) atoms. The van der Waals surface area contributed by atoms with Gasteiger partial charge in [-0.2, -0.15) is 13.2 Å². The SMILES string of the molecule is CCC(CC)(NC(=O)[C@H](CC(C)C)NC(=O)Nc1ccc(C(F)(F)F)cc1)P(=O)(O)O. The van der Waals surface area contributed by atoms with Crippen molar-refractivity contribution < 1.29 is 37.1 Å². The lowest BCUT2D eigenvalue weighted by Crippen LogP contribution is -2.55. The van der Waals surface area contributed by atoms with Gasteiger partial charge < -0.3 is 25.7 Å². The van der Waals surface area contributed by atoms with Crippen molar-refractivity contribution in [1.29, 1.82) is 0 Å². The standard InChI is InChI=1S/C19H29F3N3O5P/c1-5-18(6-2,31(28,29)30)25-16(26)15(11-12(3)4)24-17(27)23-14-9-7-13(8-10-14)19(20,21)22/h7-10,12,15H,5-6,11H2,1-4H3,(H,25,26)(H2,23,24,27)(H2,28,29,30)/t15-/m0/s1. The number of benzene rings is 1. The second-order valence-electron chi connectivity index (χ2n) is 7.63. The van der Waals surface area contributed by atoms with Gasteiger partial charge in [0.2, 0.25) is 5.91 Å². The zero-order chi connectivity index (χ0) is 24.0. The van der Waals surface area contributed by atoms with E-state index >= 15 is 0 Å². The van der Waals surface area contributed by atoms with Crippen LogP contribution in [0.2, 0.25) is 0 Å². The van der Waals surface area contributed by atoms with Gasteiger partial charge in [0, 0.05) is 5.69 Å². The Balaban J connectivity index is 2.95. The fourth-order valence-electron chi connectivity index (χ4n) is 3.00. The highest BCUT2D eigenvalue weighted by Crippen LogP contribution is 2.52. The molecule has 0 aliphatic rings. The molecule has 1 rings (SSSR count). The molecule has 1 aromatic rings. The quantitative estimate of drug-likeness (QED) is 0.350. The number of carbonyl (C=O) groups is 2. The number of amides is 3. The maximum atomic E-state index is 12.8. The molecule has 0 saturated carbocycles. The molecular weight excluding hydrogens is 438 g/mol. The van der Waals surface area contributed by atoms with E-state index in [9.17, 15) is 37.1 Å². The lowest BCUT2D eigenvalue weighted by atomic mass is 10.0. The Morgan fingerprint density at radius 1 is 1.06 bits per heavy atom. The van der Waals surface area contributed by atoms with E-state index < -0.39 is 42.6 Å². The minimum Gasteiger partial charge on any atom is -0.338 e. The van der Waals surface area contributed by atoms with E-state index in [0.717, 1.165) is 24.3 Å². The Kier molecular flexibility index (Phi) is 9.10. The Morgan fingerprint density at radius 3 is 1.97 bits per heavy atom. The normalized spacial score (nSPS) is 13.6. The summed E-state index contributed by atoms with van der Waals surface area (Å²) in [4.78, 5) is 44.5. The third kappa shape index (κ3) is 7.52. The molecule has 0 spiro atoms. The maximum Gasteiger partial charge on any atom is 0.416 e. The average Bonchev–Trinajstić information content (AvgIpc) is 2.63. The van der Waals surface area contributed by atoms with E-state index in [4.69, 9.17) is 0 Å². The van der Waals surface area contributed by atoms with Crippen molar-refractivity contribution in [3.63, 3.8) is 0 Å². The smallest absolute Gasteiger partial charge is 0.338 e. The molecule has 0 aliphatic heterocycles. The predicted octanol–water partition coefficient (Wildman–Crippen LogP) is 4.05. The minimum absolute atomic E-state index is 0.0222. The van der Waals surface area contributed by atoms with E-state index in [2.05, 4.69) is 16.0 Å². The van der Waals surface area contributed by atoms with E-state index in [1.807, 2.05) is 0 Å². The monoisotopic (exact) mass is 467 g/mol. The molecule has 12 heteroatoms. The Labute approximate surface area is 179 Å².